The molecule has 0 spiro atoms. The summed E-state index contributed by atoms with van der Waals surface area (Å²) >= 11 is 0. The lowest BCUT2D eigenvalue weighted by atomic mass is 10.2. The number of aryl methyl sites for hydroxylation is 1. The van der Waals surface area contributed by atoms with E-state index in [1.165, 1.54) is 30.5 Å². The molecule has 0 aliphatic heterocycles. The van der Waals surface area contributed by atoms with Crippen LogP contribution in [0.5, 0.6) is 0 Å². The Morgan fingerprint density at radius 1 is 1.08 bits per heavy atom. The van der Waals surface area contributed by atoms with Crippen molar-refractivity contribution in [2.75, 3.05) is 4.72 Å². The minimum Gasteiger partial charge on any atom is -0.858 e. The van der Waals surface area contributed by atoms with Gasteiger partial charge in [0.15, 0.2) is 0 Å². The highest BCUT2D eigenvalue weighted by molar-refractivity contribution is 7.92. The largest absolute Gasteiger partial charge is 0.858 e. The number of sulfonamides is 1. The van der Waals surface area contributed by atoms with E-state index in [9.17, 15) is 13.5 Å². The highest BCUT2D eigenvalue weighted by atomic mass is 32.2. The van der Waals surface area contributed by atoms with Crippen molar-refractivity contribution in [3.63, 3.8) is 0 Å². The Morgan fingerprint density at radius 3 is 2.50 bits per heavy atom. The number of para-hydroxylation sites is 1. The van der Waals surface area contributed by atoms with Gasteiger partial charge in [-0.05, 0) is 43.2 Å². The SMILES string of the molecule is Cc1ccc(S(=O)(=O)Nc2ccccc2C([O-])=NCc2ccco2)cc1. The standard InChI is InChI=1S/C19H18N2O4S/c1-14-8-10-16(11-9-14)26(23,24)21-18-7-3-2-6-17(18)19(22)20-13-15-5-4-12-25-15/h2-12,21H,13H2,1H3,(H,20,22)/p-1. The fraction of sp³-hybridized carbons (Fsp3) is 0.105. The van der Waals surface area contributed by atoms with Crippen LogP contribution in [0, 0.1) is 6.92 Å². The Labute approximate surface area is 151 Å². The zero-order valence-corrected chi connectivity index (χ0v) is 14.9. The number of benzene rings is 2. The van der Waals surface area contributed by atoms with Crippen molar-refractivity contribution in [1.82, 2.24) is 0 Å². The number of nitrogens with one attached hydrogen (secondary N) is 1. The average molecular weight is 369 g/mol. The van der Waals surface area contributed by atoms with Gasteiger partial charge >= 0.3 is 0 Å². The summed E-state index contributed by atoms with van der Waals surface area (Å²) in [5.74, 6) is 0.0275. The van der Waals surface area contributed by atoms with E-state index < -0.39 is 15.9 Å². The van der Waals surface area contributed by atoms with E-state index in [1.54, 1.807) is 36.4 Å². The maximum absolute atomic E-state index is 12.6. The minimum absolute atomic E-state index is 0.0882. The van der Waals surface area contributed by atoms with Gasteiger partial charge in [0.1, 0.15) is 5.76 Å². The zero-order valence-electron chi connectivity index (χ0n) is 14.0. The number of aliphatic imine (C=N–C) groups is 1. The summed E-state index contributed by atoms with van der Waals surface area (Å²) in [6.07, 6.45) is 1.50. The van der Waals surface area contributed by atoms with Crippen LogP contribution >= 0.6 is 0 Å². The number of nitrogens with zero attached hydrogens (tertiary/aromatic N) is 1. The fourth-order valence-electron chi connectivity index (χ4n) is 2.32. The van der Waals surface area contributed by atoms with Crippen molar-refractivity contribution >= 4 is 21.6 Å². The first-order valence-electron chi connectivity index (χ1n) is 7.88. The lowest BCUT2D eigenvalue weighted by molar-refractivity contribution is -0.213. The Hall–Kier alpha value is -3.06. The zero-order chi connectivity index (χ0) is 18.6. The van der Waals surface area contributed by atoms with Crippen LogP contribution in [0.4, 0.5) is 5.69 Å². The lowest BCUT2D eigenvalue weighted by Crippen LogP contribution is -2.22. The number of anilines is 1. The van der Waals surface area contributed by atoms with Gasteiger partial charge < -0.3 is 9.52 Å². The van der Waals surface area contributed by atoms with Crippen LogP contribution in [0.2, 0.25) is 0 Å². The van der Waals surface area contributed by atoms with Crippen molar-refractivity contribution in [1.29, 1.82) is 0 Å². The molecule has 0 saturated heterocycles. The van der Waals surface area contributed by atoms with Gasteiger partial charge in [-0.15, -0.1) is 0 Å². The predicted octanol–water partition coefficient (Wildman–Crippen LogP) is 2.70. The Bertz CT molecular complexity index is 1010. The quantitative estimate of drug-likeness (QED) is 0.534. The molecule has 1 aromatic heterocycles. The summed E-state index contributed by atoms with van der Waals surface area (Å²) in [5.41, 5.74) is 1.31. The van der Waals surface area contributed by atoms with E-state index in [4.69, 9.17) is 4.42 Å². The summed E-state index contributed by atoms with van der Waals surface area (Å²) in [6.45, 7) is 1.96. The Balaban J connectivity index is 1.87. The molecular formula is C19H17N2O4S-. The van der Waals surface area contributed by atoms with Gasteiger partial charge in [0.05, 0.1) is 23.4 Å². The fourth-order valence-corrected chi connectivity index (χ4v) is 3.40. The lowest BCUT2D eigenvalue weighted by Gasteiger charge is -2.17. The average Bonchev–Trinajstić information content (AvgIpc) is 3.14. The molecule has 0 fully saturated rings. The van der Waals surface area contributed by atoms with Crippen LogP contribution in [-0.2, 0) is 16.6 Å². The molecule has 0 aliphatic rings. The van der Waals surface area contributed by atoms with Gasteiger partial charge in [-0.1, -0.05) is 35.9 Å². The number of hydrogen-bond acceptors (Lipinski definition) is 5. The summed E-state index contributed by atoms with van der Waals surface area (Å²) in [4.78, 5) is 4.07. The molecule has 0 saturated carbocycles. The van der Waals surface area contributed by atoms with Crippen molar-refractivity contribution in [2.24, 2.45) is 4.99 Å². The topological polar surface area (TPSA) is 94.7 Å². The van der Waals surface area contributed by atoms with E-state index in [1.807, 2.05) is 6.92 Å². The number of hydrogen-bond donors (Lipinski definition) is 1. The molecule has 0 radical (unpaired) electrons. The first-order chi connectivity index (χ1) is 12.5. The summed E-state index contributed by atoms with van der Waals surface area (Å²) in [6, 6.07) is 16.2. The highest BCUT2D eigenvalue weighted by Gasteiger charge is 2.15. The molecule has 0 bridgehead atoms. The first-order valence-corrected chi connectivity index (χ1v) is 9.37. The third-order valence-electron chi connectivity index (χ3n) is 3.69. The minimum atomic E-state index is -3.81. The van der Waals surface area contributed by atoms with E-state index in [0.717, 1.165) is 5.56 Å². The molecule has 0 atom stereocenters. The molecule has 6 nitrogen and oxygen atoms in total. The van der Waals surface area contributed by atoms with Gasteiger partial charge in [0.2, 0.25) is 0 Å². The maximum atomic E-state index is 12.6. The number of furan rings is 1. The van der Waals surface area contributed by atoms with Crippen LogP contribution in [0.25, 0.3) is 0 Å². The van der Waals surface area contributed by atoms with Crippen molar-refractivity contribution in [2.45, 2.75) is 18.4 Å². The highest BCUT2D eigenvalue weighted by Crippen LogP contribution is 2.20. The molecule has 0 amide bonds. The predicted molar refractivity (Wildman–Crippen MR) is 97.4 cm³/mol. The molecule has 0 unspecified atom stereocenters. The molecule has 2 aromatic carbocycles. The van der Waals surface area contributed by atoms with Gasteiger partial charge in [-0.25, -0.2) is 8.42 Å². The number of rotatable bonds is 6. The van der Waals surface area contributed by atoms with E-state index in [2.05, 4.69) is 9.71 Å². The second-order valence-electron chi connectivity index (χ2n) is 5.66. The van der Waals surface area contributed by atoms with Gasteiger partial charge in [0.25, 0.3) is 10.0 Å². The molecule has 26 heavy (non-hydrogen) atoms. The molecule has 0 aliphatic carbocycles. The van der Waals surface area contributed by atoms with E-state index >= 15 is 0 Å². The van der Waals surface area contributed by atoms with E-state index in [-0.39, 0.29) is 22.7 Å². The first kappa shape index (κ1) is 17.8. The normalized spacial score (nSPS) is 12.1. The van der Waals surface area contributed by atoms with Crippen molar-refractivity contribution < 1.29 is 17.9 Å². The molecule has 7 heteroatoms. The Morgan fingerprint density at radius 2 is 1.81 bits per heavy atom. The molecule has 1 heterocycles. The second-order valence-corrected chi connectivity index (χ2v) is 7.35. The second kappa shape index (κ2) is 7.45. The van der Waals surface area contributed by atoms with Crippen molar-refractivity contribution in [3.8, 4) is 0 Å². The summed E-state index contributed by atoms with van der Waals surface area (Å²) < 4.78 is 32.7. The summed E-state index contributed by atoms with van der Waals surface area (Å²) in [5, 5.41) is 12.4. The summed E-state index contributed by atoms with van der Waals surface area (Å²) in [7, 11) is -3.81. The van der Waals surface area contributed by atoms with E-state index in [0.29, 0.717) is 5.76 Å². The van der Waals surface area contributed by atoms with Crippen LogP contribution < -0.4 is 9.83 Å². The van der Waals surface area contributed by atoms with Crippen LogP contribution in [0.1, 0.15) is 16.9 Å². The van der Waals surface area contributed by atoms with Crippen LogP contribution in [-0.4, -0.2) is 14.3 Å². The van der Waals surface area contributed by atoms with Gasteiger partial charge in [-0.2, -0.15) is 0 Å². The monoisotopic (exact) mass is 369 g/mol. The third kappa shape index (κ3) is 4.12. The van der Waals surface area contributed by atoms with Crippen molar-refractivity contribution in [3.05, 3.63) is 83.8 Å². The maximum Gasteiger partial charge on any atom is 0.261 e. The Kier molecular flexibility index (Phi) is 5.09. The van der Waals surface area contributed by atoms with Gasteiger partial charge in [0, 0.05) is 5.56 Å². The molecule has 3 rings (SSSR count). The molecule has 134 valence electrons. The third-order valence-corrected chi connectivity index (χ3v) is 5.07. The molecule has 3 aromatic rings. The smallest absolute Gasteiger partial charge is 0.261 e. The van der Waals surface area contributed by atoms with Crippen LogP contribution in [0.3, 0.4) is 0 Å². The van der Waals surface area contributed by atoms with Gasteiger partial charge in [-0.3, -0.25) is 9.71 Å². The molecule has 1 N–H and O–H groups in total. The molecular weight excluding hydrogens is 352 g/mol. The van der Waals surface area contributed by atoms with Crippen LogP contribution in [0.15, 0.2) is 81.2 Å².